The summed E-state index contributed by atoms with van der Waals surface area (Å²) in [6.45, 7) is 3.73. The standard InChI is InChI=1S/C16H24N2O2S/c1-18(10-13-4-3-7-20-11-13)9-12-5-6-14(16(17)21)15(8-12)19-2/h5-6,8,13H,3-4,7,9-11H2,1-2H3,(H2,17,21). The van der Waals surface area contributed by atoms with Crippen molar-refractivity contribution >= 4 is 17.2 Å². The second-order valence-electron chi connectivity index (χ2n) is 5.68. The number of hydrogen-bond donors (Lipinski definition) is 1. The Bertz CT molecular complexity index is 487. The van der Waals surface area contributed by atoms with Crippen molar-refractivity contribution in [2.45, 2.75) is 19.4 Å². The molecule has 0 spiro atoms. The van der Waals surface area contributed by atoms with Crippen LogP contribution in [0.15, 0.2) is 18.2 Å². The molecule has 0 saturated carbocycles. The van der Waals surface area contributed by atoms with Gasteiger partial charge in [0, 0.05) is 19.7 Å². The number of thiocarbonyl (C=S) groups is 1. The number of hydrogen-bond acceptors (Lipinski definition) is 4. The van der Waals surface area contributed by atoms with Crippen molar-refractivity contribution in [3.8, 4) is 5.75 Å². The summed E-state index contributed by atoms with van der Waals surface area (Å²) in [5.41, 5.74) is 7.68. The molecule has 4 nitrogen and oxygen atoms in total. The molecule has 0 bridgehead atoms. The third kappa shape index (κ3) is 4.66. The quantitative estimate of drug-likeness (QED) is 0.816. The highest BCUT2D eigenvalue weighted by atomic mass is 32.1. The smallest absolute Gasteiger partial charge is 0.129 e. The minimum absolute atomic E-state index is 0.367. The lowest BCUT2D eigenvalue weighted by molar-refractivity contribution is 0.0411. The van der Waals surface area contributed by atoms with Crippen molar-refractivity contribution in [2.75, 3.05) is 33.9 Å². The molecule has 1 atom stereocenters. The number of methoxy groups -OCH3 is 1. The van der Waals surface area contributed by atoms with Crippen molar-refractivity contribution in [2.24, 2.45) is 11.7 Å². The van der Waals surface area contributed by atoms with E-state index in [0.29, 0.717) is 10.9 Å². The highest BCUT2D eigenvalue weighted by molar-refractivity contribution is 7.80. The van der Waals surface area contributed by atoms with Crippen LogP contribution in [0.4, 0.5) is 0 Å². The fourth-order valence-electron chi connectivity index (χ4n) is 2.81. The van der Waals surface area contributed by atoms with Gasteiger partial charge in [0.25, 0.3) is 0 Å². The molecule has 1 aliphatic heterocycles. The van der Waals surface area contributed by atoms with Crippen LogP contribution in [0, 0.1) is 5.92 Å². The summed E-state index contributed by atoms with van der Waals surface area (Å²) in [6, 6.07) is 6.02. The van der Waals surface area contributed by atoms with E-state index in [2.05, 4.69) is 18.0 Å². The number of ether oxygens (including phenoxy) is 2. The molecule has 116 valence electrons. The molecule has 1 fully saturated rings. The van der Waals surface area contributed by atoms with Gasteiger partial charge in [-0.1, -0.05) is 18.3 Å². The molecule has 1 heterocycles. The van der Waals surface area contributed by atoms with E-state index < -0.39 is 0 Å². The number of nitrogens with zero attached hydrogens (tertiary/aromatic N) is 1. The first-order valence-electron chi connectivity index (χ1n) is 7.33. The first kappa shape index (κ1) is 16.2. The van der Waals surface area contributed by atoms with Crippen LogP contribution in [-0.4, -0.2) is 43.8 Å². The van der Waals surface area contributed by atoms with Crippen LogP contribution in [-0.2, 0) is 11.3 Å². The van der Waals surface area contributed by atoms with Crippen LogP contribution in [0.25, 0.3) is 0 Å². The Hall–Kier alpha value is -1.17. The van der Waals surface area contributed by atoms with Gasteiger partial charge >= 0.3 is 0 Å². The van der Waals surface area contributed by atoms with Crippen molar-refractivity contribution in [1.82, 2.24) is 4.90 Å². The topological polar surface area (TPSA) is 47.7 Å². The molecule has 0 radical (unpaired) electrons. The van der Waals surface area contributed by atoms with Crippen LogP contribution in [0.2, 0.25) is 0 Å². The van der Waals surface area contributed by atoms with Crippen LogP contribution in [0.5, 0.6) is 5.75 Å². The maximum Gasteiger partial charge on any atom is 0.129 e. The van der Waals surface area contributed by atoms with Crippen LogP contribution >= 0.6 is 12.2 Å². The van der Waals surface area contributed by atoms with Gasteiger partial charge in [0.15, 0.2) is 0 Å². The second kappa shape index (κ2) is 7.73. The van der Waals surface area contributed by atoms with Crippen molar-refractivity contribution < 1.29 is 9.47 Å². The zero-order valence-corrected chi connectivity index (χ0v) is 13.6. The minimum atomic E-state index is 0.367. The maximum absolute atomic E-state index is 5.69. The average molecular weight is 308 g/mol. The van der Waals surface area contributed by atoms with Gasteiger partial charge < -0.3 is 20.1 Å². The first-order chi connectivity index (χ1) is 10.1. The normalized spacial score (nSPS) is 18.7. The molecule has 0 aliphatic carbocycles. The Kier molecular flexibility index (Phi) is 5.96. The van der Waals surface area contributed by atoms with E-state index in [1.807, 2.05) is 12.1 Å². The van der Waals surface area contributed by atoms with Gasteiger partial charge in [0.2, 0.25) is 0 Å². The van der Waals surface area contributed by atoms with Gasteiger partial charge in [-0.05, 0) is 43.5 Å². The van der Waals surface area contributed by atoms with E-state index in [1.165, 1.54) is 18.4 Å². The van der Waals surface area contributed by atoms with Crippen molar-refractivity contribution in [3.63, 3.8) is 0 Å². The molecule has 21 heavy (non-hydrogen) atoms. The zero-order chi connectivity index (χ0) is 15.2. The molecule has 1 aromatic carbocycles. The second-order valence-corrected chi connectivity index (χ2v) is 6.12. The predicted octanol–water partition coefficient (Wildman–Crippen LogP) is 2.19. The minimum Gasteiger partial charge on any atom is -0.496 e. The highest BCUT2D eigenvalue weighted by Gasteiger charge is 2.16. The summed E-state index contributed by atoms with van der Waals surface area (Å²) in [4.78, 5) is 2.69. The van der Waals surface area contributed by atoms with Crippen molar-refractivity contribution in [1.29, 1.82) is 0 Å². The van der Waals surface area contributed by atoms with Crippen LogP contribution < -0.4 is 10.5 Å². The predicted molar refractivity (Wildman–Crippen MR) is 88.8 cm³/mol. The van der Waals surface area contributed by atoms with Crippen molar-refractivity contribution in [3.05, 3.63) is 29.3 Å². The highest BCUT2D eigenvalue weighted by Crippen LogP contribution is 2.22. The fraction of sp³-hybridized carbons (Fsp3) is 0.562. The average Bonchev–Trinajstić information content (AvgIpc) is 2.47. The lowest BCUT2D eigenvalue weighted by Gasteiger charge is -2.27. The molecule has 2 N–H and O–H groups in total. The number of rotatable bonds is 6. The third-order valence-corrected chi connectivity index (χ3v) is 4.03. The molecular weight excluding hydrogens is 284 g/mol. The molecule has 1 aromatic rings. The van der Waals surface area contributed by atoms with Gasteiger partial charge in [-0.15, -0.1) is 0 Å². The monoisotopic (exact) mass is 308 g/mol. The van der Waals surface area contributed by atoms with Crippen LogP contribution in [0.3, 0.4) is 0 Å². The summed E-state index contributed by atoms with van der Waals surface area (Å²) in [7, 11) is 3.78. The Morgan fingerprint density at radius 2 is 2.33 bits per heavy atom. The fourth-order valence-corrected chi connectivity index (χ4v) is 2.97. The van der Waals surface area contributed by atoms with Gasteiger partial charge in [-0.2, -0.15) is 0 Å². The van der Waals surface area contributed by atoms with E-state index >= 15 is 0 Å². The van der Waals surface area contributed by atoms with E-state index in [1.54, 1.807) is 7.11 Å². The first-order valence-corrected chi connectivity index (χ1v) is 7.74. The largest absolute Gasteiger partial charge is 0.496 e. The Morgan fingerprint density at radius 3 is 2.95 bits per heavy atom. The molecule has 1 saturated heterocycles. The molecule has 0 aromatic heterocycles. The molecule has 5 heteroatoms. The molecule has 2 rings (SSSR count). The Morgan fingerprint density at radius 1 is 1.52 bits per heavy atom. The van der Waals surface area contributed by atoms with Gasteiger partial charge in [0.1, 0.15) is 10.7 Å². The lowest BCUT2D eigenvalue weighted by atomic mass is 10.0. The molecule has 1 unspecified atom stereocenters. The Balaban J connectivity index is 1.96. The SMILES string of the molecule is COc1cc(CN(C)CC2CCCOC2)ccc1C(N)=S. The van der Waals surface area contributed by atoms with Crippen LogP contribution in [0.1, 0.15) is 24.0 Å². The maximum atomic E-state index is 5.69. The number of benzene rings is 1. The summed E-state index contributed by atoms with van der Waals surface area (Å²) < 4.78 is 10.9. The van der Waals surface area contributed by atoms with E-state index in [-0.39, 0.29) is 0 Å². The molecular formula is C16H24N2O2S. The van der Waals surface area contributed by atoms with E-state index in [0.717, 1.165) is 37.6 Å². The lowest BCUT2D eigenvalue weighted by Crippen LogP contribution is -2.30. The summed E-state index contributed by atoms with van der Waals surface area (Å²) in [5, 5.41) is 0. The van der Waals surface area contributed by atoms with Gasteiger partial charge in [-0.3, -0.25) is 0 Å². The number of nitrogens with two attached hydrogens (primary N) is 1. The van der Waals surface area contributed by atoms with Gasteiger partial charge in [0.05, 0.1) is 19.3 Å². The summed E-state index contributed by atoms with van der Waals surface area (Å²) in [6.07, 6.45) is 2.43. The van der Waals surface area contributed by atoms with Gasteiger partial charge in [-0.25, -0.2) is 0 Å². The summed E-state index contributed by atoms with van der Waals surface area (Å²) >= 11 is 5.03. The third-order valence-electron chi connectivity index (χ3n) is 3.81. The summed E-state index contributed by atoms with van der Waals surface area (Å²) in [5.74, 6) is 1.39. The zero-order valence-electron chi connectivity index (χ0n) is 12.8. The Labute approximate surface area is 132 Å². The van der Waals surface area contributed by atoms with E-state index in [4.69, 9.17) is 27.4 Å². The van der Waals surface area contributed by atoms with E-state index in [9.17, 15) is 0 Å². The molecule has 1 aliphatic rings. The molecule has 0 amide bonds.